The summed E-state index contributed by atoms with van der Waals surface area (Å²) in [5.41, 5.74) is 2.78. The fourth-order valence-corrected chi connectivity index (χ4v) is 2.69. The van der Waals surface area contributed by atoms with Gasteiger partial charge in [-0.25, -0.2) is 0 Å². The van der Waals surface area contributed by atoms with Crippen LogP contribution in [0.3, 0.4) is 0 Å². The lowest BCUT2D eigenvalue weighted by Crippen LogP contribution is -2.01. The highest BCUT2D eigenvalue weighted by Crippen LogP contribution is 2.14. The molecule has 12 heavy (non-hydrogen) atoms. The second-order valence-corrected chi connectivity index (χ2v) is 4.81. The molecule has 0 saturated heterocycles. The zero-order valence-corrected chi connectivity index (χ0v) is 7.77. The Morgan fingerprint density at radius 2 is 1.50 bits per heavy atom. The molecular formula is C10H12OS. The van der Waals surface area contributed by atoms with Gasteiger partial charge >= 0.3 is 0 Å². The molecule has 0 saturated carbocycles. The fourth-order valence-electron chi connectivity index (χ4n) is 1.59. The van der Waals surface area contributed by atoms with E-state index in [4.69, 9.17) is 0 Å². The van der Waals surface area contributed by atoms with Gasteiger partial charge in [0, 0.05) is 22.3 Å². The van der Waals surface area contributed by atoms with E-state index in [0.29, 0.717) is 0 Å². The van der Waals surface area contributed by atoms with Crippen LogP contribution in [0.2, 0.25) is 0 Å². The molecule has 0 atom stereocenters. The van der Waals surface area contributed by atoms with Crippen molar-refractivity contribution in [2.24, 2.45) is 0 Å². The molecule has 0 spiro atoms. The van der Waals surface area contributed by atoms with Crippen molar-refractivity contribution < 1.29 is 4.21 Å². The molecule has 0 aromatic heterocycles. The first-order valence-electron chi connectivity index (χ1n) is 4.28. The Kier molecular flexibility index (Phi) is 2.26. The highest BCUT2D eigenvalue weighted by atomic mass is 32.2. The number of benzene rings is 1. The monoisotopic (exact) mass is 180 g/mol. The first kappa shape index (κ1) is 7.99. The minimum atomic E-state index is -0.584. The van der Waals surface area contributed by atoms with Crippen molar-refractivity contribution in [2.45, 2.75) is 12.8 Å². The Morgan fingerprint density at radius 3 is 2.00 bits per heavy atom. The van der Waals surface area contributed by atoms with Gasteiger partial charge < -0.3 is 0 Å². The maximum absolute atomic E-state index is 11.3. The van der Waals surface area contributed by atoms with Gasteiger partial charge in [0.05, 0.1) is 0 Å². The van der Waals surface area contributed by atoms with E-state index in [1.54, 1.807) is 0 Å². The number of rotatable bonds is 0. The molecule has 1 nitrogen and oxygen atoms in total. The van der Waals surface area contributed by atoms with Crippen LogP contribution >= 0.6 is 0 Å². The van der Waals surface area contributed by atoms with Crippen LogP contribution in [-0.4, -0.2) is 15.7 Å². The number of hydrogen-bond acceptors (Lipinski definition) is 1. The van der Waals surface area contributed by atoms with Crippen molar-refractivity contribution in [1.82, 2.24) is 0 Å². The van der Waals surface area contributed by atoms with Gasteiger partial charge in [0.15, 0.2) is 0 Å². The zero-order valence-electron chi connectivity index (χ0n) is 6.95. The van der Waals surface area contributed by atoms with Crippen molar-refractivity contribution in [3.63, 3.8) is 0 Å². The average molecular weight is 180 g/mol. The summed E-state index contributed by atoms with van der Waals surface area (Å²) in [5.74, 6) is 1.69. The largest absolute Gasteiger partial charge is 0.260 e. The van der Waals surface area contributed by atoms with E-state index in [9.17, 15) is 4.21 Å². The number of hydrogen-bond donors (Lipinski definition) is 0. The van der Waals surface area contributed by atoms with Crippen molar-refractivity contribution in [3.8, 4) is 0 Å². The van der Waals surface area contributed by atoms with Gasteiger partial charge in [0.25, 0.3) is 0 Å². The molecule has 0 aliphatic carbocycles. The van der Waals surface area contributed by atoms with Crippen LogP contribution in [0.4, 0.5) is 0 Å². The van der Waals surface area contributed by atoms with E-state index in [0.717, 1.165) is 24.3 Å². The van der Waals surface area contributed by atoms with Crippen molar-refractivity contribution in [1.29, 1.82) is 0 Å². The van der Waals surface area contributed by atoms with Gasteiger partial charge in [-0.05, 0) is 24.0 Å². The van der Waals surface area contributed by atoms with Gasteiger partial charge in [-0.3, -0.25) is 4.21 Å². The Balaban J connectivity index is 2.32. The lowest BCUT2D eigenvalue weighted by Gasteiger charge is -2.01. The normalized spacial score (nSPS) is 18.3. The number of fused-ring (bicyclic) bond motifs is 1. The van der Waals surface area contributed by atoms with Crippen LogP contribution in [0, 0.1) is 0 Å². The van der Waals surface area contributed by atoms with Crippen LogP contribution in [0.25, 0.3) is 0 Å². The summed E-state index contributed by atoms with van der Waals surface area (Å²) in [5, 5.41) is 0. The van der Waals surface area contributed by atoms with Gasteiger partial charge in [-0.1, -0.05) is 24.3 Å². The fraction of sp³-hybridized carbons (Fsp3) is 0.400. The average Bonchev–Trinajstić information content (AvgIpc) is 2.29. The first-order valence-corrected chi connectivity index (χ1v) is 5.77. The van der Waals surface area contributed by atoms with E-state index in [1.807, 2.05) is 0 Å². The molecule has 0 unspecified atom stereocenters. The molecule has 0 fully saturated rings. The summed E-state index contributed by atoms with van der Waals surface area (Å²) in [6.45, 7) is 0. The molecule has 0 bridgehead atoms. The third kappa shape index (κ3) is 1.58. The molecule has 0 amide bonds. The van der Waals surface area contributed by atoms with Crippen molar-refractivity contribution in [3.05, 3.63) is 35.4 Å². The van der Waals surface area contributed by atoms with Gasteiger partial charge in [0.2, 0.25) is 0 Å². The molecule has 0 N–H and O–H groups in total. The van der Waals surface area contributed by atoms with Crippen molar-refractivity contribution >= 4 is 10.8 Å². The van der Waals surface area contributed by atoms with Crippen LogP contribution in [0.1, 0.15) is 11.1 Å². The summed E-state index contributed by atoms with van der Waals surface area (Å²) in [7, 11) is -0.584. The van der Waals surface area contributed by atoms with Crippen molar-refractivity contribution in [2.75, 3.05) is 11.5 Å². The van der Waals surface area contributed by atoms with Crippen LogP contribution in [0.5, 0.6) is 0 Å². The lowest BCUT2D eigenvalue weighted by atomic mass is 10.0. The van der Waals surface area contributed by atoms with Crippen LogP contribution in [-0.2, 0) is 23.6 Å². The molecule has 2 rings (SSSR count). The zero-order chi connectivity index (χ0) is 8.39. The molecular weight excluding hydrogens is 168 g/mol. The highest BCUT2D eigenvalue weighted by Gasteiger charge is 2.10. The molecule has 1 aliphatic heterocycles. The topological polar surface area (TPSA) is 17.1 Å². The molecule has 0 radical (unpaired) electrons. The lowest BCUT2D eigenvalue weighted by molar-refractivity contribution is 0.683. The summed E-state index contributed by atoms with van der Waals surface area (Å²) in [4.78, 5) is 0. The Hall–Kier alpha value is -0.630. The maximum Gasteiger partial charge on any atom is 0.0275 e. The second-order valence-electron chi connectivity index (χ2n) is 3.12. The van der Waals surface area contributed by atoms with Crippen LogP contribution in [0.15, 0.2) is 24.3 Å². The minimum absolute atomic E-state index is 0.584. The third-order valence-corrected chi connectivity index (χ3v) is 3.64. The maximum atomic E-state index is 11.3. The van der Waals surface area contributed by atoms with E-state index in [2.05, 4.69) is 24.3 Å². The van der Waals surface area contributed by atoms with Gasteiger partial charge in [-0.2, -0.15) is 0 Å². The van der Waals surface area contributed by atoms with Gasteiger partial charge in [0.1, 0.15) is 0 Å². The molecule has 1 aromatic carbocycles. The van der Waals surface area contributed by atoms with E-state index < -0.39 is 10.8 Å². The second kappa shape index (κ2) is 3.40. The number of aryl methyl sites for hydroxylation is 2. The summed E-state index contributed by atoms with van der Waals surface area (Å²) in [6, 6.07) is 8.43. The Morgan fingerprint density at radius 1 is 1.00 bits per heavy atom. The molecule has 64 valence electrons. The van der Waals surface area contributed by atoms with Gasteiger partial charge in [-0.15, -0.1) is 0 Å². The summed E-state index contributed by atoms with van der Waals surface area (Å²) < 4.78 is 11.3. The highest BCUT2D eigenvalue weighted by molar-refractivity contribution is 7.84. The van der Waals surface area contributed by atoms with E-state index in [1.165, 1.54) is 11.1 Å². The first-order chi connectivity index (χ1) is 5.86. The molecule has 1 heterocycles. The standard InChI is InChI=1S/C10H12OS/c11-12-7-5-9-3-1-2-4-10(9)6-8-12/h1-4H,5-8H2. The summed E-state index contributed by atoms with van der Waals surface area (Å²) >= 11 is 0. The van der Waals surface area contributed by atoms with E-state index in [-0.39, 0.29) is 0 Å². The Bertz CT molecular complexity index is 277. The summed E-state index contributed by atoms with van der Waals surface area (Å²) in [6.07, 6.45) is 1.98. The smallest absolute Gasteiger partial charge is 0.0275 e. The predicted octanol–water partition coefficient (Wildman–Crippen LogP) is 1.53. The van der Waals surface area contributed by atoms with Crippen LogP contribution < -0.4 is 0 Å². The predicted molar refractivity (Wildman–Crippen MR) is 51.7 cm³/mol. The third-order valence-electron chi connectivity index (χ3n) is 2.32. The molecule has 2 heteroatoms. The molecule has 1 aliphatic rings. The SMILES string of the molecule is O=S1CCc2ccccc2CC1. The Labute approximate surface area is 75.3 Å². The quantitative estimate of drug-likeness (QED) is 0.592. The minimum Gasteiger partial charge on any atom is -0.260 e. The van der Waals surface area contributed by atoms with E-state index >= 15 is 0 Å². The molecule has 1 aromatic rings.